The molecule has 0 spiro atoms. The van der Waals surface area contributed by atoms with Gasteiger partial charge in [0.2, 0.25) is 5.95 Å². The molecular formula is C32H32N6O3. The lowest BCUT2D eigenvalue weighted by atomic mass is 10.0. The minimum Gasteiger partial charge on any atom is -0.440 e. The van der Waals surface area contributed by atoms with Gasteiger partial charge in [0.05, 0.1) is 11.1 Å². The Morgan fingerprint density at radius 1 is 1.05 bits per heavy atom. The Morgan fingerprint density at radius 2 is 1.85 bits per heavy atom. The van der Waals surface area contributed by atoms with Crippen LogP contribution in [0.15, 0.2) is 70.0 Å². The van der Waals surface area contributed by atoms with Gasteiger partial charge in [0.15, 0.2) is 17.1 Å². The van der Waals surface area contributed by atoms with Gasteiger partial charge in [-0.25, -0.2) is 4.98 Å². The Kier molecular flexibility index (Phi) is 6.51. The maximum absolute atomic E-state index is 13.1. The van der Waals surface area contributed by atoms with E-state index in [4.69, 9.17) is 9.40 Å². The van der Waals surface area contributed by atoms with Crippen LogP contribution in [0.4, 0.5) is 17.5 Å². The summed E-state index contributed by atoms with van der Waals surface area (Å²) in [7, 11) is 0. The molecule has 0 radical (unpaired) electrons. The number of benzene rings is 2. The van der Waals surface area contributed by atoms with Crippen LogP contribution in [0.2, 0.25) is 0 Å². The monoisotopic (exact) mass is 548 g/mol. The molecule has 208 valence electrons. The average molecular weight is 549 g/mol. The summed E-state index contributed by atoms with van der Waals surface area (Å²) >= 11 is 0. The first-order valence-corrected chi connectivity index (χ1v) is 14.3. The van der Waals surface area contributed by atoms with E-state index in [0.717, 1.165) is 79.7 Å². The van der Waals surface area contributed by atoms with Crippen LogP contribution >= 0.6 is 0 Å². The summed E-state index contributed by atoms with van der Waals surface area (Å²) in [5, 5.41) is 8.12. The van der Waals surface area contributed by atoms with Gasteiger partial charge in [-0.05, 0) is 42.7 Å². The molecule has 1 saturated carbocycles. The summed E-state index contributed by atoms with van der Waals surface area (Å²) in [6, 6.07) is 17.4. The summed E-state index contributed by atoms with van der Waals surface area (Å²) in [6.45, 7) is 4.90. The van der Waals surface area contributed by atoms with Crippen LogP contribution in [0, 0.1) is 0 Å². The van der Waals surface area contributed by atoms with Crippen LogP contribution in [0.3, 0.4) is 0 Å². The van der Waals surface area contributed by atoms with Crippen molar-refractivity contribution in [2.75, 3.05) is 36.4 Å². The van der Waals surface area contributed by atoms with Crippen molar-refractivity contribution >= 4 is 45.3 Å². The van der Waals surface area contributed by atoms with Gasteiger partial charge in [-0.3, -0.25) is 9.59 Å². The molecule has 2 N–H and O–H groups in total. The molecule has 1 aliphatic carbocycles. The molecular weight excluding hydrogens is 516 g/mol. The standard InChI is InChI=1S/C32H32N6O3/c1-20(39)27-17-22-19-34-32(36-31(22)38(27)24-8-2-3-9-24)35-23-7-4-6-21(16-23)25-10-5-11-26-28(40)18-29(41-30(25)26)37-14-12-33-13-15-37/h4-7,10-11,16-19,24,33H,2-3,8-9,12-15H2,1H3,(H,34,35,36). The van der Waals surface area contributed by atoms with Crippen molar-refractivity contribution < 1.29 is 9.21 Å². The summed E-state index contributed by atoms with van der Waals surface area (Å²) in [5.41, 5.74) is 4.57. The lowest BCUT2D eigenvalue weighted by molar-refractivity contribution is 0.100. The molecule has 1 saturated heterocycles. The van der Waals surface area contributed by atoms with Crippen molar-refractivity contribution in [1.82, 2.24) is 19.9 Å². The number of carbonyl (C=O) groups excluding carboxylic acids is 1. The van der Waals surface area contributed by atoms with E-state index in [1.54, 1.807) is 19.2 Å². The molecule has 3 aromatic heterocycles. The van der Waals surface area contributed by atoms with Gasteiger partial charge in [0, 0.05) is 68.0 Å². The maximum Gasteiger partial charge on any atom is 0.229 e. The largest absolute Gasteiger partial charge is 0.440 e. The third-order valence-electron chi connectivity index (χ3n) is 8.23. The Balaban J connectivity index is 1.25. The second-order valence-corrected chi connectivity index (χ2v) is 10.9. The van der Waals surface area contributed by atoms with Crippen LogP contribution in [0.25, 0.3) is 33.1 Å². The van der Waals surface area contributed by atoms with E-state index in [0.29, 0.717) is 28.5 Å². The second kappa shape index (κ2) is 10.5. The number of carbonyl (C=O) groups is 1. The van der Waals surface area contributed by atoms with Crippen molar-refractivity contribution in [2.24, 2.45) is 0 Å². The van der Waals surface area contributed by atoms with Gasteiger partial charge in [-0.2, -0.15) is 4.98 Å². The molecule has 0 atom stereocenters. The van der Waals surface area contributed by atoms with E-state index in [2.05, 4.69) is 25.1 Å². The van der Waals surface area contributed by atoms with E-state index in [1.807, 2.05) is 48.5 Å². The maximum atomic E-state index is 13.1. The second-order valence-electron chi connectivity index (χ2n) is 10.9. The molecule has 2 aromatic carbocycles. The van der Waals surface area contributed by atoms with Crippen LogP contribution in [-0.4, -0.2) is 46.5 Å². The molecule has 9 nitrogen and oxygen atoms in total. The van der Waals surface area contributed by atoms with Crippen LogP contribution in [0.5, 0.6) is 0 Å². The number of hydrogen-bond donors (Lipinski definition) is 2. The molecule has 41 heavy (non-hydrogen) atoms. The van der Waals surface area contributed by atoms with Gasteiger partial charge >= 0.3 is 0 Å². The van der Waals surface area contributed by atoms with E-state index in [1.165, 1.54) is 0 Å². The molecule has 5 aromatic rings. The lowest BCUT2D eigenvalue weighted by Gasteiger charge is -2.27. The van der Waals surface area contributed by atoms with E-state index >= 15 is 0 Å². The normalized spacial score (nSPS) is 16.1. The number of piperazine rings is 1. The highest BCUT2D eigenvalue weighted by Gasteiger charge is 2.24. The van der Waals surface area contributed by atoms with E-state index in [9.17, 15) is 9.59 Å². The topological polar surface area (TPSA) is 105 Å². The molecule has 2 fully saturated rings. The lowest BCUT2D eigenvalue weighted by Crippen LogP contribution is -2.43. The van der Waals surface area contributed by atoms with Crippen LogP contribution in [0.1, 0.15) is 49.1 Å². The first-order chi connectivity index (χ1) is 20.0. The van der Waals surface area contributed by atoms with Crippen molar-refractivity contribution in [1.29, 1.82) is 0 Å². The fraction of sp³-hybridized carbons (Fsp3) is 0.312. The van der Waals surface area contributed by atoms with E-state index in [-0.39, 0.29) is 17.3 Å². The first-order valence-electron chi connectivity index (χ1n) is 14.3. The number of rotatable bonds is 6. The molecule has 0 unspecified atom stereocenters. The van der Waals surface area contributed by atoms with Crippen LogP contribution < -0.4 is 21.0 Å². The highest BCUT2D eigenvalue weighted by Crippen LogP contribution is 2.35. The Labute approximate surface area is 237 Å². The van der Waals surface area contributed by atoms with Gasteiger partial charge in [0.25, 0.3) is 0 Å². The minimum absolute atomic E-state index is 0.0407. The predicted molar refractivity (Wildman–Crippen MR) is 161 cm³/mol. The number of aromatic nitrogens is 3. The third-order valence-corrected chi connectivity index (χ3v) is 8.23. The summed E-state index contributed by atoms with van der Waals surface area (Å²) in [4.78, 5) is 37.0. The average Bonchev–Trinajstić information content (AvgIpc) is 3.65. The number of para-hydroxylation sites is 1. The van der Waals surface area contributed by atoms with Gasteiger partial charge in [0.1, 0.15) is 11.2 Å². The summed E-state index contributed by atoms with van der Waals surface area (Å²) < 4.78 is 8.49. The zero-order chi connectivity index (χ0) is 27.9. The quantitative estimate of drug-likeness (QED) is 0.261. The van der Waals surface area contributed by atoms with Crippen molar-refractivity contribution in [3.05, 3.63) is 76.7 Å². The first kappa shape index (κ1) is 25.5. The highest BCUT2D eigenvalue weighted by atomic mass is 16.4. The highest BCUT2D eigenvalue weighted by molar-refractivity contribution is 5.98. The zero-order valence-electron chi connectivity index (χ0n) is 23.0. The molecule has 0 amide bonds. The minimum atomic E-state index is -0.0483. The SMILES string of the molecule is CC(=O)c1cc2cnc(Nc3cccc(-c4cccc5c(=O)cc(N6CCNCC6)oc45)c3)nc2n1C1CCCC1. The molecule has 2 aliphatic rings. The predicted octanol–water partition coefficient (Wildman–Crippen LogP) is 5.68. The van der Waals surface area contributed by atoms with Gasteiger partial charge < -0.3 is 24.5 Å². The molecule has 7 rings (SSSR count). The fourth-order valence-electron chi connectivity index (χ4n) is 6.20. The molecule has 1 aliphatic heterocycles. The molecule has 0 bridgehead atoms. The molecule has 4 heterocycles. The number of Topliss-reactive ketones (excluding diaryl/α,β-unsaturated/α-hetero) is 1. The summed E-state index contributed by atoms with van der Waals surface area (Å²) in [6.07, 6.45) is 6.21. The zero-order valence-corrected chi connectivity index (χ0v) is 23.0. The number of anilines is 3. The van der Waals surface area contributed by atoms with Crippen molar-refractivity contribution in [3.8, 4) is 11.1 Å². The smallest absolute Gasteiger partial charge is 0.229 e. The number of nitrogens with one attached hydrogen (secondary N) is 2. The Bertz CT molecular complexity index is 1830. The van der Waals surface area contributed by atoms with E-state index < -0.39 is 0 Å². The Morgan fingerprint density at radius 3 is 2.66 bits per heavy atom. The van der Waals surface area contributed by atoms with Crippen molar-refractivity contribution in [2.45, 2.75) is 38.6 Å². The summed E-state index contributed by atoms with van der Waals surface area (Å²) in [5.74, 6) is 1.11. The van der Waals surface area contributed by atoms with Gasteiger partial charge in [-0.1, -0.05) is 37.1 Å². The van der Waals surface area contributed by atoms with Gasteiger partial charge in [-0.15, -0.1) is 0 Å². The fourth-order valence-corrected chi connectivity index (χ4v) is 6.20. The van der Waals surface area contributed by atoms with Crippen LogP contribution in [-0.2, 0) is 0 Å². The van der Waals surface area contributed by atoms with Crippen molar-refractivity contribution in [3.63, 3.8) is 0 Å². The number of fused-ring (bicyclic) bond motifs is 2. The Hall–Kier alpha value is -4.50. The number of ketones is 1. The molecule has 9 heteroatoms. The number of hydrogen-bond acceptors (Lipinski definition) is 8. The third kappa shape index (κ3) is 4.76. The number of nitrogens with zero attached hydrogens (tertiary/aromatic N) is 4.